The molecule has 120 valence electrons. The van der Waals surface area contributed by atoms with Gasteiger partial charge >= 0.3 is 0 Å². The fourth-order valence-electron chi connectivity index (χ4n) is 2.49. The Kier molecular flexibility index (Phi) is 4.73. The smallest absolute Gasteiger partial charge is 0.267 e. The van der Waals surface area contributed by atoms with Gasteiger partial charge in [0.15, 0.2) is 0 Å². The molecule has 3 aromatic rings. The number of aliphatic hydroxyl groups excluding tert-OH is 1. The van der Waals surface area contributed by atoms with Crippen LogP contribution < -0.4 is 5.32 Å². The van der Waals surface area contributed by atoms with Crippen LogP contribution in [-0.4, -0.2) is 27.0 Å². The first kappa shape index (κ1) is 15.7. The van der Waals surface area contributed by atoms with Crippen LogP contribution in [0, 0.1) is 6.92 Å². The molecule has 0 radical (unpaired) electrons. The fraction of sp³-hybridized carbons (Fsp3) is 0.294. The molecule has 0 spiro atoms. The van der Waals surface area contributed by atoms with Gasteiger partial charge in [0.25, 0.3) is 5.91 Å². The Labute approximate surface area is 138 Å². The number of unbranched alkanes of at least 4 members (excludes halogenated alkanes) is 1. The second-order valence-corrected chi connectivity index (χ2v) is 6.48. The Hall–Kier alpha value is -2.18. The van der Waals surface area contributed by atoms with Crippen LogP contribution in [0.25, 0.3) is 4.83 Å². The molecule has 2 N–H and O–H groups in total. The highest BCUT2D eigenvalue weighted by atomic mass is 32.1. The number of fused-ring (bicyclic) bond motifs is 1. The van der Waals surface area contributed by atoms with Crippen molar-refractivity contribution in [2.75, 3.05) is 11.9 Å². The van der Waals surface area contributed by atoms with Gasteiger partial charge < -0.3 is 10.4 Å². The van der Waals surface area contributed by atoms with Gasteiger partial charge in [-0.25, -0.2) is 4.98 Å². The van der Waals surface area contributed by atoms with Gasteiger partial charge in [0.2, 0.25) is 0 Å². The molecule has 0 bridgehead atoms. The number of anilines is 1. The number of carbonyl (C=O) groups excluding carboxylic acids is 1. The lowest BCUT2D eigenvalue weighted by Gasteiger charge is -2.06. The van der Waals surface area contributed by atoms with Crippen molar-refractivity contribution in [1.82, 2.24) is 9.38 Å². The summed E-state index contributed by atoms with van der Waals surface area (Å²) in [5, 5.41) is 11.7. The molecule has 3 rings (SSSR count). The second kappa shape index (κ2) is 6.93. The van der Waals surface area contributed by atoms with E-state index in [0.29, 0.717) is 4.88 Å². The van der Waals surface area contributed by atoms with E-state index in [2.05, 4.69) is 10.3 Å². The van der Waals surface area contributed by atoms with Gasteiger partial charge in [-0.05, 0) is 43.9 Å². The number of benzene rings is 1. The zero-order chi connectivity index (χ0) is 16.2. The van der Waals surface area contributed by atoms with E-state index in [1.807, 2.05) is 35.6 Å². The number of aliphatic hydroxyl groups is 1. The molecular weight excluding hydrogens is 310 g/mol. The number of nitrogens with one attached hydrogen (secondary N) is 1. The third-order valence-electron chi connectivity index (χ3n) is 3.79. The van der Waals surface area contributed by atoms with Crippen LogP contribution >= 0.6 is 11.3 Å². The van der Waals surface area contributed by atoms with Crippen LogP contribution in [0.15, 0.2) is 36.8 Å². The molecule has 5 nitrogen and oxygen atoms in total. The largest absolute Gasteiger partial charge is 0.396 e. The Morgan fingerprint density at radius 1 is 1.30 bits per heavy atom. The highest BCUT2D eigenvalue weighted by Gasteiger charge is 2.15. The molecule has 6 heteroatoms. The molecule has 0 aliphatic carbocycles. The molecule has 0 atom stereocenters. The van der Waals surface area contributed by atoms with Gasteiger partial charge in [-0.3, -0.25) is 9.20 Å². The standard InChI is InChI=1S/C17H19N3O2S/c1-12-16(23-15-10-18-11-20(12)15)17(22)19-14-7-5-13(6-8-14)4-2-3-9-21/h5-8,10-11,21H,2-4,9H2,1H3,(H,19,22). The molecule has 0 aliphatic rings. The van der Waals surface area contributed by atoms with Gasteiger partial charge in [-0.2, -0.15) is 0 Å². The van der Waals surface area contributed by atoms with Crippen LogP contribution in [0.3, 0.4) is 0 Å². The summed E-state index contributed by atoms with van der Waals surface area (Å²) in [6.07, 6.45) is 6.21. The molecule has 2 heterocycles. The van der Waals surface area contributed by atoms with Crippen LogP contribution in [0.5, 0.6) is 0 Å². The lowest BCUT2D eigenvalue weighted by atomic mass is 10.1. The molecule has 0 saturated carbocycles. The van der Waals surface area contributed by atoms with E-state index in [1.165, 1.54) is 16.9 Å². The van der Waals surface area contributed by atoms with Crippen molar-refractivity contribution in [1.29, 1.82) is 0 Å². The highest BCUT2D eigenvalue weighted by molar-refractivity contribution is 7.19. The van der Waals surface area contributed by atoms with Crippen molar-refractivity contribution in [3.63, 3.8) is 0 Å². The molecule has 2 aromatic heterocycles. The maximum Gasteiger partial charge on any atom is 0.267 e. The van der Waals surface area contributed by atoms with Gasteiger partial charge in [0.05, 0.1) is 6.20 Å². The van der Waals surface area contributed by atoms with Crippen molar-refractivity contribution in [2.24, 2.45) is 0 Å². The minimum atomic E-state index is -0.0933. The number of rotatable bonds is 6. The summed E-state index contributed by atoms with van der Waals surface area (Å²) in [6, 6.07) is 7.87. The minimum absolute atomic E-state index is 0.0933. The number of aromatic nitrogens is 2. The van der Waals surface area contributed by atoms with Gasteiger partial charge in [-0.1, -0.05) is 12.1 Å². The molecule has 0 saturated heterocycles. The third-order valence-corrected chi connectivity index (χ3v) is 4.99. The van der Waals surface area contributed by atoms with E-state index in [1.54, 1.807) is 12.5 Å². The van der Waals surface area contributed by atoms with Gasteiger partial charge in [-0.15, -0.1) is 11.3 Å². The van der Waals surface area contributed by atoms with Crippen molar-refractivity contribution < 1.29 is 9.90 Å². The van der Waals surface area contributed by atoms with Crippen LogP contribution in [0.4, 0.5) is 5.69 Å². The van der Waals surface area contributed by atoms with Crippen molar-refractivity contribution >= 4 is 27.8 Å². The first-order valence-corrected chi connectivity index (χ1v) is 8.43. The van der Waals surface area contributed by atoms with Crippen molar-refractivity contribution in [2.45, 2.75) is 26.2 Å². The average molecular weight is 329 g/mol. The summed E-state index contributed by atoms with van der Waals surface area (Å²) in [5.41, 5.74) is 2.90. The number of amides is 1. The number of hydrogen-bond donors (Lipinski definition) is 2. The predicted molar refractivity (Wildman–Crippen MR) is 92.2 cm³/mol. The lowest BCUT2D eigenvalue weighted by molar-refractivity contribution is 0.102. The molecule has 23 heavy (non-hydrogen) atoms. The van der Waals surface area contributed by atoms with Gasteiger partial charge in [0.1, 0.15) is 16.0 Å². The molecule has 1 aromatic carbocycles. The SMILES string of the molecule is Cc1c(C(=O)Nc2ccc(CCCCO)cc2)sc2cncn12. The van der Waals surface area contributed by atoms with Crippen molar-refractivity contribution in [3.05, 3.63) is 52.9 Å². The topological polar surface area (TPSA) is 66.6 Å². The number of imidazole rings is 1. The van der Waals surface area contributed by atoms with Crippen molar-refractivity contribution in [3.8, 4) is 0 Å². The molecule has 0 fully saturated rings. The van der Waals surface area contributed by atoms with Crippen LogP contribution in [-0.2, 0) is 6.42 Å². The Bertz CT molecular complexity index is 805. The van der Waals surface area contributed by atoms with Gasteiger partial charge in [0, 0.05) is 18.0 Å². The summed E-state index contributed by atoms with van der Waals surface area (Å²) < 4.78 is 1.92. The Balaban J connectivity index is 1.67. The third kappa shape index (κ3) is 3.43. The van der Waals surface area contributed by atoms with E-state index in [9.17, 15) is 4.79 Å². The zero-order valence-corrected chi connectivity index (χ0v) is 13.8. The van der Waals surface area contributed by atoms with Crippen LogP contribution in [0.2, 0.25) is 0 Å². The molecular formula is C17H19N3O2S. The average Bonchev–Trinajstić information content (AvgIpc) is 3.13. The number of aryl methyl sites for hydroxylation is 2. The summed E-state index contributed by atoms with van der Waals surface area (Å²) in [7, 11) is 0. The molecule has 0 unspecified atom stereocenters. The number of thiazole rings is 1. The maximum atomic E-state index is 12.4. The second-order valence-electron chi connectivity index (χ2n) is 5.45. The molecule has 0 aliphatic heterocycles. The monoisotopic (exact) mass is 329 g/mol. The van der Waals surface area contributed by atoms with E-state index in [0.717, 1.165) is 35.5 Å². The number of nitrogens with zero attached hydrogens (tertiary/aromatic N) is 2. The Morgan fingerprint density at radius 2 is 2.09 bits per heavy atom. The summed E-state index contributed by atoms with van der Waals surface area (Å²) in [6.45, 7) is 2.16. The quantitative estimate of drug-likeness (QED) is 0.682. The predicted octanol–water partition coefficient (Wildman–Crippen LogP) is 3.27. The van der Waals surface area contributed by atoms with E-state index in [-0.39, 0.29) is 12.5 Å². The minimum Gasteiger partial charge on any atom is -0.396 e. The normalized spacial score (nSPS) is 11.0. The fourth-order valence-corrected chi connectivity index (χ4v) is 3.49. The summed E-state index contributed by atoms with van der Waals surface area (Å²) in [4.78, 5) is 18.2. The summed E-state index contributed by atoms with van der Waals surface area (Å²) in [5.74, 6) is -0.0933. The number of carbonyl (C=O) groups is 1. The van der Waals surface area contributed by atoms with Crippen LogP contribution in [0.1, 0.15) is 33.8 Å². The Morgan fingerprint density at radius 3 is 2.78 bits per heavy atom. The maximum absolute atomic E-state index is 12.4. The van der Waals surface area contributed by atoms with E-state index < -0.39 is 0 Å². The lowest BCUT2D eigenvalue weighted by Crippen LogP contribution is -2.11. The first-order valence-electron chi connectivity index (χ1n) is 7.61. The first-order chi connectivity index (χ1) is 11.2. The zero-order valence-electron chi connectivity index (χ0n) is 13.0. The highest BCUT2D eigenvalue weighted by Crippen LogP contribution is 2.23. The summed E-state index contributed by atoms with van der Waals surface area (Å²) >= 11 is 1.44. The molecule has 1 amide bonds. The number of hydrogen-bond acceptors (Lipinski definition) is 4. The van der Waals surface area contributed by atoms with E-state index in [4.69, 9.17) is 5.11 Å². The van der Waals surface area contributed by atoms with E-state index >= 15 is 0 Å².